The molecule has 1 aliphatic heterocycles. The number of benzene rings is 1. The molecule has 7 heteroatoms. The van der Waals surface area contributed by atoms with E-state index < -0.39 is 10.0 Å². The molecule has 1 fully saturated rings. The van der Waals surface area contributed by atoms with Crippen LogP contribution in [0.4, 0.5) is 0 Å². The molecule has 0 radical (unpaired) electrons. The van der Waals surface area contributed by atoms with Crippen LogP contribution in [0.3, 0.4) is 0 Å². The van der Waals surface area contributed by atoms with E-state index >= 15 is 0 Å². The third kappa shape index (κ3) is 5.18. The molecule has 118 valence electrons. The Hall–Kier alpha value is -0.760. The summed E-state index contributed by atoms with van der Waals surface area (Å²) in [4.78, 5) is 0.240. The van der Waals surface area contributed by atoms with Crippen LogP contribution in [0, 0.1) is 5.92 Å². The quantitative estimate of drug-likeness (QED) is 0.791. The Balaban J connectivity index is 1.91. The highest BCUT2D eigenvalue weighted by atomic mass is 32.2. The summed E-state index contributed by atoms with van der Waals surface area (Å²) in [5.41, 5.74) is 0. The number of aliphatic hydroxyl groups is 1. The SMILES string of the molecule is O=S(=O)(NCC1CCSCC1)c1ccc(OCCO)cc1. The smallest absolute Gasteiger partial charge is 0.240 e. The third-order valence-electron chi connectivity index (χ3n) is 3.40. The number of sulfonamides is 1. The molecule has 0 saturated carbocycles. The fourth-order valence-corrected chi connectivity index (χ4v) is 4.46. The van der Waals surface area contributed by atoms with Crippen LogP contribution in [-0.4, -0.2) is 44.8 Å². The minimum atomic E-state index is -3.46. The van der Waals surface area contributed by atoms with E-state index in [2.05, 4.69) is 4.72 Å². The predicted octanol–water partition coefficient (Wildman–Crippen LogP) is 1.48. The van der Waals surface area contributed by atoms with Crippen molar-refractivity contribution in [1.82, 2.24) is 4.72 Å². The lowest BCUT2D eigenvalue weighted by Crippen LogP contribution is -2.31. The predicted molar refractivity (Wildman–Crippen MR) is 84.3 cm³/mol. The topological polar surface area (TPSA) is 75.6 Å². The van der Waals surface area contributed by atoms with Gasteiger partial charge in [0.15, 0.2) is 0 Å². The Morgan fingerprint density at radius 1 is 1.24 bits per heavy atom. The molecule has 2 N–H and O–H groups in total. The van der Waals surface area contributed by atoms with Crippen molar-refractivity contribution in [3.8, 4) is 5.75 Å². The van der Waals surface area contributed by atoms with Gasteiger partial charge in [-0.25, -0.2) is 13.1 Å². The zero-order chi connectivity index (χ0) is 15.1. The van der Waals surface area contributed by atoms with E-state index in [4.69, 9.17) is 9.84 Å². The van der Waals surface area contributed by atoms with Crippen molar-refractivity contribution in [3.05, 3.63) is 24.3 Å². The number of rotatable bonds is 7. The molecule has 0 atom stereocenters. The van der Waals surface area contributed by atoms with Crippen molar-refractivity contribution < 1.29 is 18.3 Å². The zero-order valence-corrected chi connectivity index (χ0v) is 13.5. The number of ether oxygens (including phenoxy) is 1. The minimum Gasteiger partial charge on any atom is -0.491 e. The molecule has 1 aromatic rings. The van der Waals surface area contributed by atoms with Crippen LogP contribution in [-0.2, 0) is 10.0 Å². The van der Waals surface area contributed by atoms with E-state index in [-0.39, 0.29) is 18.1 Å². The maximum Gasteiger partial charge on any atom is 0.240 e. The van der Waals surface area contributed by atoms with Gasteiger partial charge in [0.05, 0.1) is 11.5 Å². The third-order valence-corrected chi connectivity index (χ3v) is 5.89. The molecule has 1 aliphatic rings. The van der Waals surface area contributed by atoms with Gasteiger partial charge in [-0.05, 0) is 54.5 Å². The maximum absolute atomic E-state index is 12.2. The average Bonchev–Trinajstić information content (AvgIpc) is 2.52. The van der Waals surface area contributed by atoms with E-state index in [0.29, 0.717) is 18.2 Å². The first-order valence-electron chi connectivity index (χ1n) is 7.03. The lowest BCUT2D eigenvalue weighted by molar-refractivity contribution is 0.201. The molecule has 0 bridgehead atoms. The molecule has 2 rings (SSSR count). The molecule has 0 aromatic heterocycles. The molecule has 0 unspecified atom stereocenters. The van der Waals surface area contributed by atoms with Gasteiger partial charge in [-0.15, -0.1) is 0 Å². The highest BCUT2D eigenvalue weighted by Gasteiger charge is 2.18. The Bertz CT molecular complexity index is 524. The van der Waals surface area contributed by atoms with Gasteiger partial charge in [0.2, 0.25) is 10.0 Å². The van der Waals surface area contributed by atoms with E-state index in [1.54, 1.807) is 12.1 Å². The number of aliphatic hydroxyl groups excluding tert-OH is 1. The molecule has 1 saturated heterocycles. The number of nitrogens with one attached hydrogen (secondary N) is 1. The second-order valence-corrected chi connectivity index (χ2v) is 7.94. The lowest BCUT2D eigenvalue weighted by Gasteiger charge is -2.21. The van der Waals surface area contributed by atoms with Gasteiger partial charge in [0, 0.05) is 6.54 Å². The van der Waals surface area contributed by atoms with Crippen molar-refractivity contribution >= 4 is 21.8 Å². The summed E-state index contributed by atoms with van der Waals surface area (Å²) >= 11 is 1.93. The van der Waals surface area contributed by atoms with Crippen LogP contribution in [0.25, 0.3) is 0 Å². The minimum absolute atomic E-state index is 0.0682. The highest BCUT2D eigenvalue weighted by molar-refractivity contribution is 7.99. The molecule has 1 heterocycles. The van der Waals surface area contributed by atoms with Crippen molar-refractivity contribution in [2.45, 2.75) is 17.7 Å². The van der Waals surface area contributed by atoms with E-state index in [0.717, 1.165) is 24.3 Å². The monoisotopic (exact) mass is 331 g/mol. The van der Waals surface area contributed by atoms with Gasteiger partial charge in [-0.2, -0.15) is 11.8 Å². The Labute approximate surface area is 130 Å². The molecule has 21 heavy (non-hydrogen) atoms. The average molecular weight is 331 g/mol. The van der Waals surface area contributed by atoms with Crippen LogP contribution in [0.2, 0.25) is 0 Å². The van der Waals surface area contributed by atoms with Crippen LogP contribution in [0.15, 0.2) is 29.2 Å². The first-order valence-corrected chi connectivity index (χ1v) is 9.67. The molecular weight excluding hydrogens is 310 g/mol. The fraction of sp³-hybridized carbons (Fsp3) is 0.571. The summed E-state index contributed by atoms with van der Waals surface area (Å²) in [5.74, 6) is 3.22. The van der Waals surface area contributed by atoms with Gasteiger partial charge in [0.1, 0.15) is 12.4 Å². The summed E-state index contributed by atoms with van der Waals surface area (Å²) in [6, 6.07) is 6.24. The van der Waals surface area contributed by atoms with Gasteiger partial charge >= 0.3 is 0 Å². The second-order valence-electron chi connectivity index (χ2n) is 4.95. The van der Waals surface area contributed by atoms with Crippen LogP contribution < -0.4 is 9.46 Å². The number of hydrogen-bond donors (Lipinski definition) is 2. The standard InChI is InChI=1S/C14H21NO4S2/c16-7-8-19-13-1-3-14(4-2-13)21(17,18)15-11-12-5-9-20-10-6-12/h1-4,12,15-16H,5-11H2. The summed E-state index contributed by atoms with van der Waals surface area (Å²) < 4.78 is 32.3. The van der Waals surface area contributed by atoms with Crippen molar-refractivity contribution in [2.24, 2.45) is 5.92 Å². The molecular formula is C14H21NO4S2. The molecule has 0 aliphatic carbocycles. The Morgan fingerprint density at radius 2 is 1.90 bits per heavy atom. The van der Waals surface area contributed by atoms with Crippen LogP contribution >= 0.6 is 11.8 Å². The number of hydrogen-bond acceptors (Lipinski definition) is 5. The zero-order valence-electron chi connectivity index (χ0n) is 11.8. The maximum atomic E-state index is 12.2. The van der Waals surface area contributed by atoms with Gasteiger partial charge in [-0.1, -0.05) is 0 Å². The summed E-state index contributed by atoms with van der Waals surface area (Å²) in [5, 5.41) is 8.67. The van der Waals surface area contributed by atoms with E-state index in [1.165, 1.54) is 12.1 Å². The Kier molecular flexibility index (Phi) is 6.35. The largest absolute Gasteiger partial charge is 0.491 e. The summed E-state index contributed by atoms with van der Waals surface area (Å²) in [6.45, 7) is 0.636. The fourth-order valence-electron chi connectivity index (χ4n) is 2.14. The first-order chi connectivity index (χ1) is 10.1. The first kappa shape index (κ1) is 16.6. The van der Waals surface area contributed by atoms with Gasteiger partial charge in [0.25, 0.3) is 0 Å². The summed E-state index contributed by atoms with van der Waals surface area (Å²) in [7, 11) is -3.46. The number of thioether (sulfide) groups is 1. The van der Waals surface area contributed by atoms with Crippen LogP contribution in [0.5, 0.6) is 5.75 Å². The van der Waals surface area contributed by atoms with Gasteiger partial charge in [-0.3, -0.25) is 0 Å². The highest BCUT2D eigenvalue weighted by Crippen LogP contribution is 2.22. The molecule has 0 spiro atoms. The Morgan fingerprint density at radius 3 is 2.52 bits per heavy atom. The van der Waals surface area contributed by atoms with E-state index in [1.807, 2.05) is 11.8 Å². The van der Waals surface area contributed by atoms with Gasteiger partial charge < -0.3 is 9.84 Å². The second kappa shape index (κ2) is 8.03. The molecule has 1 aromatic carbocycles. The van der Waals surface area contributed by atoms with E-state index in [9.17, 15) is 8.42 Å². The molecule has 0 amide bonds. The van der Waals surface area contributed by atoms with Crippen molar-refractivity contribution in [2.75, 3.05) is 31.3 Å². The summed E-state index contributed by atoms with van der Waals surface area (Å²) in [6.07, 6.45) is 2.14. The normalized spacial score (nSPS) is 16.8. The van der Waals surface area contributed by atoms with Crippen molar-refractivity contribution in [1.29, 1.82) is 0 Å². The lowest BCUT2D eigenvalue weighted by atomic mass is 10.0. The molecule has 5 nitrogen and oxygen atoms in total. The van der Waals surface area contributed by atoms with Crippen molar-refractivity contribution in [3.63, 3.8) is 0 Å². The van der Waals surface area contributed by atoms with Crippen LogP contribution in [0.1, 0.15) is 12.8 Å².